The molecule has 5 heteroatoms. The zero-order chi connectivity index (χ0) is 19.2. The van der Waals surface area contributed by atoms with E-state index in [2.05, 4.69) is 30.4 Å². The number of anilines is 1. The van der Waals surface area contributed by atoms with Crippen LogP contribution in [0.25, 0.3) is 0 Å². The Kier molecular flexibility index (Phi) is 4.47. The molecule has 0 aromatic heterocycles. The van der Waals surface area contributed by atoms with Gasteiger partial charge in [0, 0.05) is 24.1 Å². The van der Waals surface area contributed by atoms with Gasteiger partial charge < -0.3 is 5.32 Å². The van der Waals surface area contributed by atoms with E-state index in [1.807, 2.05) is 25.1 Å². The highest BCUT2D eigenvalue weighted by molar-refractivity contribution is 7.92. The summed E-state index contributed by atoms with van der Waals surface area (Å²) in [6.07, 6.45) is 0.253. The summed E-state index contributed by atoms with van der Waals surface area (Å²) >= 11 is 0. The number of para-hydroxylation sites is 1. The van der Waals surface area contributed by atoms with Crippen molar-refractivity contribution < 1.29 is 8.42 Å². The highest BCUT2D eigenvalue weighted by atomic mass is 32.2. The van der Waals surface area contributed by atoms with Gasteiger partial charge >= 0.3 is 0 Å². The molecule has 27 heavy (non-hydrogen) atoms. The zero-order valence-corrected chi connectivity index (χ0v) is 16.4. The topological polar surface area (TPSA) is 70.0 Å². The molecule has 0 bridgehead atoms. The molecule has 0 saturated heterocycles. The van der Waals surface area contributed by atoms with E-state index in [1.54, 1.807) is 24.3 Å². The molecule has 1 aliphatic carbocycles. The Morgan fingerprint density at radius 3 is 2.37 bits per heavy atom. The van der Waals surface area contributed by atoms with Crippen molar-refractivity contribution in [3.8, 4) is 6.07 Å². The summed E-state index contributed by atoms with van der Waals surface area (Å²) in [6, 6.07) is 19.3. The average Bonchev–Trinajstić information content (AvgIpc) is 3.07. The van der Waals surface area contributed by atoms with E-state index >= 15 is 0 Å². The van der Waals surface area contributed by atoms with Gasteiger partial charge in [-0.05, 0) is 41.5 Å². The van der Waals surface area contributed by atoms with Crippen molar-refractivity contribution in [3.63, 3.8) is 0 Å². The van der Waals surface area contributed by atoms with E-state index in [0.29, 0.717) is 4.90 Å². The number of fused-ring (bicyclic) bond motifs is 3. The van der Waals surface area contributed by atoms with E-state index in [-0.39, 0.29) is 36.1 Å². The first-order chi connectivity index (χ1) is 13.0. The van der Waals surface area contributed by atoms with E-state index in [9.17, 15) is 13.7 Å². The number of nitriles is 1. The molecule has 0 unspecified atom stereocenters. The minimum absolute atomic E-state index is 0.0779. The summed E-state index contributed by atoms with van der Waals surface area (Å²) in [5.74, 6) is -0.0551. The molecule has 1 N–H and O–H groups in total. The highest BCUT2D eigenvalue weighted by Gasteiger charge is 2.54. The van der Waals surface area contributed by atoms with Crippen LogP contribution in [0.2, 0.25) is 0 Å². The quantitative estimate of drug-likeness (QED) is 0.865. The first-order valence-corrected chi connectivity index (χ1v) is 11.0. The maximum Gasteiger partial charge on any atom is 0.181 e. The molecular formula is C22H24N2O2S. The number of nitrogens with one attached hydrogen (secondary N) is 1. The van der Waals surface area contributed by atoms with Crippen LogP contribution in [0, 0.1) is 29.1 Å². The zero-order valence-electron chi connectivity index (χ0n) is 15.5. The van der Waals surface area contributed by atoms with Gasteiger partial charge in [0.2, 0.25) is 0 Å². The van der Waals surface area contributed by atoms with Crippen LogP contribution in [0.5, 0.6) is 0 Å². The van der Waals surface area contributed by atoms with Crippen molar-refractivity contribution in [2.24, 2.45) is 17.8 Å². The lowest BCUT2D eigenvalue weighted by atomic mass is 9.64. The Labute approximate surface area is 161 Å². The highest BCUT2D eigenvalue weighted by Crippen LogP contribution is 2.53. The molecule has 4 nitrogen and oxygen atoms in total. The van der Waals surface area contributed by atoms with Crippen LogP contribution in [0.15, 0.2) is 59.5 Å². The summed E-state index contributed by atoms with van der Waals surface area (Å²) in [5, 5.41) is 12.5. The molecule has 2 aromatic rings. The molecule has 1 aliphatic heterocycles. The molecule has 2 aliphatic rings. The fraction of sp³-hybridized carbons (Fsp3) is 0.409. The molecule has 140 valence electrons. The Morgan fingerprint density at radius 2 is 1.67 bits per heavy atom. The molecule has 2 aromatic carbocycles. The summed E-state index contributed by atoms with van der Waals surface area (Å²) < 4.78 is 27.2. The van der Waals surface area contributed by atoms with Crippen LogP contribution in [0.1, 0.15) is 31.7 Å². The third-order valence-electron chi connectivity index (χ3n) is 6.53. The van der Waals surface area contributed by atoms with E-state index in [1.165, 1.54) is 5.56 Å². The largest absolute Gasteiger partial charge is 0.381 e. The predicted octanol–water partition coefficient (Wildman–Crippen LogP) is 4.22. The third kappa shape index (κ3) is 2.74. The Balaban J connectivity index is 1.83. The normalized spacial score (nSPS) is 32.0. The fourth-order valence-electron chi connectivity index (χ4n) is 5.30. The number of hydrogen-bond acceptors (Lipinski definition) is 4. The lowest BCUT2D eigenvalue weighted by Gasteiger charge is -2.46. The minimum atomic E-state index is -3.54. The second kappa shape index (κ2) is 6.69. The second-order valence-corrected chi connectivity index (χ2v) is 9.96. The standard InChI is InChI=1S/C22H24N2O2S/c1-14-17(12-13-23)22(27(25,26)16-8-4-3-5-9-16)15(2)20-18-10-6-7-11-19(18)24-21(14)20/h3-11,14-15,17,20-22,24H,12H2,1-2H3/t14-,15+,17+,20+,21+,22+/m1/s1. The van der Waals surface area contributed by atoms with Crippen molar-refractivity contribution >= 4 is 15.5 Å². The van der Waals surface area contributed by atoms with E-state index in [0.717, 1.165) is 5.69 Å². The Morgan fingerprint density at radius 1 is 1.00 bits per heavy atom. The van der Waals surface area contributed by atoms with Crippen LogP contribution >= 0.6 is 0 Å². The number of nitrogens with zero attached hydrogens (tertiary/aromatic N) is 1. The summed E-state index contributed by atoms with van der Waals surface area (Å²) in [4.78, 5) is 0.356. The van der Waals surface area contributed by atoms with Gasteiger partial charge in [0.25, 0.3) is 0 Å². The van der Waals surface area contributed by atoms with Gasteiger partial charge in [-0.3, -0.25) is 0 Å². The predicted molar refractivity (Wildman–Crippen MR) is 106 cm³/mol. The van der Waals surface area contributed by atoms with Crippen molar-refractivity contribution in [2.75, 3.05) is 5.32 Å². The fourth-order valence-corrected chi connectivity index (χ4v) is 7.69. The van der Waals surface area contributed by atoms with Gasteiger partial charge in [-0.1, -0.05) is 50.2 Å². The van der Waals surface area contributed by atoms with Gasteiger partial charge in [-0.15, -0.1) is 0 Å². The van der Waals surface area contributed by atoms with Crippen LogP contribution in [-0.2, 0) is 9.84 Å². The lowest BCUT2D eigenvalue weighted by molar-refractivity contribution is 0.170. The summed E-state index contributed by atoms with van der Waals surface area (Å²) in [7, 11) is -3.54. The van der Waals surface area contributed by atoms with Crippen LogP contribution < -0.4 is 5.32 Å². The SMILES string of the molecule is C[C@@H]1[C@H](CC#N)[C@@H](S(=O)(=O)c2ccccc2)[C@@H](C)[C@H]2c3ccccc3N[C@@H]12. The number of sulfone groups is 1. The van der Waals surface area contributed by atoms with Crippen LogP contribution in [-0.4, -0.2) is 19.7 Å². The minimum Gasteiger partial charge on any atom is -0.381 e. The maximum absolute atomic E-state index is 13.6. The van der Waals surface area contributed by atoms with Crippen LogP contribution in [0.4, 0.5) is 5.69 Å². The number of rotatable bonds is 3. The second-order valence-electron chi connectivity index (χ2n) is 7.85. The maximum atomic E-state index is 13.6. The summed E-state index contributed by atoms with van der Waals surface area (Å²) in [6.45, 7) is 4.14. The monoisotopic (exact) mass is 380 g/mol. The van der Waals surface area contributed by atoms with Crippen LogP contribution in [0.3, 0.4) is 0 Å². The third-order valence-corrected chi connectivity index (χ3v) is 8.96. The molecule has 0 spiro atoms. The molecule has 0 amide bonds. The van der Waals surface area contributed by atoms with E-state index in [4.69, 9.17) is 0 Å². The molecule has 1 saturated carbocycles. The van der Waals surface area contributed by atoms with Gasteiger partial charge in [0.15, 0.2) is 9.84 Å². The first kappa shape index (κ1) is 18.1. The van der Waals surface area contributed by atoms with E-state index < -0.39 is 15.1 Å². The molecule has 1 fully saturated rings. The molecular weight excluding hydrogens is 356 g/mol. The van der Waals surface area contributed by atoms with Gasteiger partial charge in [-0.25, -0.2) is 8.42 Å². The smallest absolute Gasteiger partial charge is 0.181 e. The average molecular weight is 381 g/mol. The van der Waals surface area contributed by atoms with Crippen molar-refractivity contribution in [1.29, 1.82) is 5.26 Å². The lowest BCUT2D eigenvalue weighted by Crippen LogP contribution is -2.52. The van der Waals surface area contributed by atoms with Crippen molar-refractivity contribution in [1.82, 2.24) is 0 Å². The molecule has 1 heterocycles. The molecule has 4 rings (SSSR count). The summed E-state index contributed by atoms with van der Waals surface area (Å²) in [5.41, 5.74) is 2.30. The Bertz CT molecular complexity index is 981. The number of benzene rings is 2. The molecule has 0 radical (unpaired) electrons. The van der Waals surface area contributed by atoms with Crippen molar-refractivity contribution in [2.45, 2.75) is 42.4 Å². The number of hydrogen-bond donors (Lipinski definition) is 1. The molecule has 6 atom stereocenters. The van der Waals surface area contributed by atoms with Gasteiger partial charge in [0.1, 0.15) is 0 Å². The van der Waals surface area contributed by atoms with Gasteiger partial charge in [-0.2, -0.15) is 5.26 Å². The van der Waals surface area contributed by atoms with Crippen molar-refractivity contribution in [3.05, 3.63) is 60.2 Å². The first-order valence-electron chi connectivity index (χ1n) is 9.48. The van der Waals surface area contributed by atoms with Gasteiger partial charge in [0.05, 0.1) is 16.2 Å². The Hall–Kier alpha value is -2.32.